The lowest BCUT2D eigenvalue weighted by Crippen LogP contribution is -2.32. The van der Waals surface area contributed by atoms with Crippen LogP contribution in [-0.2, 0) is 9.05 Å². The molecule has 0 saturated carbocycles. The van der Waals surface area contributed by atoms with Crippen LogP contribution in [0.1, 0.15) is 49.0 Å². The Morgan fingerprint density at radius 2 is 2.00 bits per heavy atom. The fraction of sp³-hybridized carbons (Fsp3) is 0.643. The van der Waals surface area contributed by atoms with Gasteiger partial charge in [0.15, 0.2) is 0 Å². The molecule has 0 aromatic carbocycles. The number of amides is 1. The maximum absolute atomic E-state index is 12.6. The highest BCUT2D eigenvalue weighted by Gasteiger charge is 2.28. The van der Waals surface area contributed by atoms with E-state index in [1.807, 2.05) is 4.90 Å². The van der Waals surface area contributed by atoms with Gasteiger partial charge in [0.2, 0.25) is 0 Å². The van der Waals surface area contributed by atoms with Crippen molar-refractivity contribution in [1.29, 1.82) is 0 Å². The molecule has 21 heavy (non-hydrogen) atoms. The van der Waals surface area contributed by atoms with Gasteiger partial charge in [-0.1, -0.05) is 13.8 Å². The highest BCUT2D eigenvalue weighted by molar-refractivity contribution is 8.15. The molecule has 118 valence electrons. The van der Waals surface area contributed by atoms with Crippen LogP contribution in [0.5, 0.6) is 0 Å². The molecule has 1 aromatic rings. The second-order valence-corrected chi connectivity index (χ2v) is 9.95. The monoisotopic (exact) mass is 349 g/mol. The summed E-state index contributed by atoms with van der Waals surface area (Å²) in [5.74, 6) is -0.0898. The third-order valence-corrected chi connectivity index (χ3v) is 7.38. The zero-order chi connectivity index (χ0) is 15.8. The molecule has 1 fully saturated rings. The molecule has 0 atom stereocenters. The summed E-state index contributed by atoms with van der Waals surface area (Å²) in [4.78, 5) is 14.4. The standard InChI is InChI=1S/C14H20ClNO3S2/c1-10-11(9-20-13(10)21(15,18)19)12(17)16-7-4-5-14(2,3)6-8-16/h9H,4-8H2,1-3H3. The number of hydrogen-bond donors (Lipinski definition) is 0. The summed E-state index contributed by atoms with van der Waals surface area (Å²) in [6.45, 7) is 7.51. The number of nitrogens with zero attached hydrogens (tertiary/aromatic N) is 1. The van der Waals surface area contributed by atoms with E-state index in [0.29, 0.717) is 17.7 Å². The van der Waals surface area contributed by atoms with Crippen molar-refractivity contribution in [1.82, 2.24) is 4.90 Å². The Morgan fingerprint density at radius 3 is 2.57 bits per heavy atom. The van der Waals surface area contributed by atoms with Crippen LogP contribution in [0.3, 0.4) is 0 Å². The van der Waals surface area contributed by atoms with E-state index < -0.39 is 9.05 Å². The van der Waals surface area contributed by atoms with Crippen molar-refractivity contribution >= 4 is 37.0 Å². The second-order valence-electron chi connectivity index (χ2n) is 6.31. The van der Waals surface area contributed by atoms with E-state index in [0.717, 1.165) is 37.1 Å². The molecule has 0 bridgehead atoms. The highest BCUT2D eigenvalue weighted by Crippen LogP contribution is 2.33. The van der Waals surface area contributed by atoms with E-state index in [1.165, 1.54) is 0 Å². The average Bonchev–Trinajstić information content (AvgIpc) is 2.64. The molecule has 0 N–H and O–H groups in total. The molecule has 1 aliphatic rings. The van der Waals surface area contributed by atoms with Gasteiger partial charge in [-0.25, -0.2) is 8.42 Å². The Bertz CT molecular complexity index is 649. The van der Waals surface area contributed by atoms with Crippen LogP contribution >= 0.6 is 22.0 Å². The fourth-order valence-electron chi connectivity index (χ4n) is 2.65. The van der Waals surface area contributed by atoms with Crippen LogP contribution in [0.25, 0.3) is 0 Å². The minimum Gasteiger partial charge on any atom is -0.339 e. The zero-order valence-electron chi connectivity index (χ0n) is 12.5. The summed E-state index contributed by atoms with van der Waals surface area (Å²) < 4.78 is 23.0. The predicted molar refractivity (Wildman–Crippen MR) is 85.6 cm³/mol. The summed E-state index contributed by atoms with van der Waals surface area (Å²) in [5, 5.41) is 1.60. The van der Waals surface area contributed by atoms with Gasteiger partial charge in [-0.3, -0.25) is 4.79 Å². The Balaban J connectivity index is 2.23. The number of hydrogen-bond acceptors (Lipinski definition) is 4. The molecule has 1 saturated heterocycles. The zero-order valence-corrected chi connectivity index (χ0v) is 14.9. The molecule has 2 rings (SSSR count). The molecule has 0 unspecified atom stereocenters. The summed E-state index contributed by atoms with van der Waals surface area (Å²) in [5.41, 5.74) is 1.17. The van der Waals surface area contributed by atoms with Gasteiger partial charge < -0.3 is 4.90 Å². The minimum absolute atomic E-state index is 0.0719. The van der Waals surface area contributed by atoms with E-state index >= 15 is 0 Å². The van der Waals surface area contributed by atoms with Gasteiger partial charge in [0.25, 0.3) is 15.0 Å². The number of carbonyl (C=O) groups is 1. The van der Waals surface area contributed by atoms with E-state index in [4.69, 9.17) is 10.7 Å². The van der Waals surface area contributed by atoms with Crippen LogP contribution < -0.4 is 0 Å². The van der Waals surface area contributed by atoms with Gasteiger partial charge in [-0.05, 0) is 37.2 Å². The summed E-state index contributed by atoms with van der Waals surface area (Å²) in [7, 11) is 1.61. The highest BCUT2D eigenvalue weighted by atomic mass is 35.7. The molecule has 4 nitrogen and oxygen atoms in total. The topological polar surface area (TPSA) is 54.5 Å². The van der Waals surface area contributed by atoms with Gasteiger partial charge in [-0.15, -0.1) is 11.3 Å². The lowest BCUT2D eigenvalue weighted by atomic mass is 9.85. The largest absolute Gasteiger partial charge is 0.339 e. The van der Waals surface area contributed by atoms with Gasteiger partial charge in [-0.2, -0.15) is 0 Å². The van der Waals surface area contributed by atoms with Crippen LogP contribution in [0.4, 0.5) is 0 Å². The SMILES string of the molecule is Cc1c(C(=O)N2CCCC(C)(C)CC2)csc1S(=O)(=O)Cl. The molecule has 1 aliphatic heterocycles. The molecule has 1 aromatic heterocycles. The first-order valence-corrected chi connectivity index (χ1v) is 10.1. The first kappa shape index (κ1) is 16.8. The lowest BCUT2D eigenvalue weighted by molar-refractivity contribution is 0.0757. The Hall–Kier alpha value is -0.590. The van der Waals surface area contributed by atoms with Crippen LogP contribution in [-0.4, -0.2) is 32.3 Å². The van der Waals surface area contributed by atoms with E-state index in [9.17, 15) is 13.2 Å². The Labute approximate surface area is 134 Å². The second kappa shape index (κ2) is 5.89. The molecular formula is C14H20ClNO3S2. The number of rotatable bonds is 2. The van der Waals surface area contributed by atoms with Crippen molar-refractivity contribution in [3.8, 4) is 0 Å². The number of likely N-dealkylation sites (tertiary alicyclic amines) is 1. The van der Waals surface area contributed by atoms with Crippen molar-refractivity contribution < 1.29 is 13.2 Å². The van der Waals surface area contributed by atoms with E-state index in [1.54, 1.807) is 12.3 Å². The van der Waals surface area contributed by atoms with Gasteiger partial charge in [0.1, 0.15) is 4.21 Å². The molecule has 1 amide bonds. The molecule has 7 heteroatoms. The Kier molecular flexibility index (Phi) is 4.71. The number of carbonyl (C=O) groups excluding carboxylic acids is 1. The van der Waals surface area contributed by atoms with Crippen LogP contribution in [0.15, 0.2) is 9.59 Å². The summed E-state index contributed by atoms with van der Waals surface area (Å²) in [6, 6.07) is 0. The molecule has 0 aliphatic carbocycles. The normalized spacial score (nSPS) is 19.3. The van der Waals surface area contributed by atoms with Crippen LogP contribution in [0, 0.1) is 12.3 Å². The quantitative estimate of drug-likeness (QED) is 0.766. The third kappa shape index (κ3) is 3.79. The summed E-state index contributed by atoms with van der Waals surface area (Å²) >= 11 is 1.01. The van der Waals surface area contributed by atoms with Crippen molar-refractivity contribution in [3.05, 3.63) is 16.5 Å². The maximum Gasteiger partial charge on any atom is 0.271 e. The first-order chi connectivity index (χ1) is 9.62. The van der Waals surface area contributed by atoms with E-state index in [-0.39, 0.29) is 15.5 Å². The third-order valence-electron chi connectivity index (χ3n) is 4.07. The van der Waals surface area contributed by atoms with Gasteiger partial charge in [0, 0.05) is 29.2 Å². The van der Waals surface area contributed by atoms with E-state index in [2.05, 4.69) is 13.8 Å². The smallest absolute Gasteiger partial charge is 0.271 e. The molecule has 2 heterocycles. The van der Waals surface area contributed by atoms with Crippen molar-refractivity contribution in [2.45, 2.75) is 44.2 Å². The molecule has 0 radical (unpaired) electrons. The molecular weight excluding hydrogens is 330 g/mol. The predicted octanol–water partition coefficient (Wildman–Crippen LogP) is 3.64. The van der Waals surface area contributed by atoms with Crippen molar-refractivity contribution in [2.75, 3.05) is 13.1 Å². The molecule has 0 spiro atoms. The summed E-state index contributed by atoms with van der Waals surface area (Å²) in [6.07, 6.45) is 3.03. The van der Waals surface area contributed by atoms with Gasteiger partial charge >= 0.3 is 0 Å². The number of thiophene rings is 1. The lowest BCUT2D eigenvalue weighted by Gasteiger charge is -2.23. The maximum atomic E-state index is 12.6. The fourth-order valence-corrected chi connectivity index (χ4v) is 5.19. The van der Waals surface area contributed by atoms with Crippen molar-refractivity contribution in [2.24, 2.45) is 5.41 Å². The average molecular weight is 350 g/mol. The Morgan fingerprint density at radius 1 is 1.33 bits per heavy atom. The van der Waals surface area contributed by atoms with Crippen LogP contribution in [0.2, 0.25) is 0 Å². The number of halogens is 1. The minimum atomic E-state index is -3.78. The van der Waals surface area contributed by atoms with Crippen molar-refractivity contribution in [3.63, 3.8) is 0 Å². The first-order valence-electron chi connectivity index (χ1n) is 6.94. The van der Waals surface area contributed by atoms with Gasteiger partial charge in [0.05, 0.1) is 5.56 Å².